The van der Waals surface area contributed by atoms with Crippen LogP contribution in [0.5, 0.6) is 0 Å². The molecule has 8 aromatic carbocycles. The maximum absolute atomic E-state index is 12.1. The number of aromatic nitrogens is 1. The number of nitrogens with two attached hydrogens (primary N) is 1. The van der Waals surface area contributed by atoms with Gasteiger partial charge in [0, 0.05) is 59.2 Å². The number of benzene rings is 8. The molecule has 0 unspecified atom stereocenters. The van der Waals surface area contributed by atoms with E-state index in [2.05, 4.69) is 126 Å². The van der Waals surface area contributed by atoms with Gasteiger partial charge < -0.3 is 10.4 Å². The molecular weight excluding hydrogens is 759 g/mol. The van der Waals surface area contributed by atoms with E-state index in [1.54, 1.807) is 11.8 Å². The fourth-order valence-corrected chi connectivity index (χ4v) is 9.78. The number of hydrazine groups is 1. The van der Waals surface area contributed by atoms with Crippen molar-refractivity contribution in [1.82, 2.24) is 4.98 Å². The Morgan fingerprint density at radius 1 is 0.458 bits per heavy atom. The monoisotopic (exact) mass is 801 g/mol. The van der Waals surface area contributed by atoms with E-state index in [0.29, 0.717) is 6.42 Å². The van der Waals surface area contributed by atoms with E-state index in [4.69, 9.17) is 5.84 Å². The number of hydrogen-bond acceptors (Lipinski definition) is 5. The zero-order chi connectivity index (χ0) is 39.3. The summed E-state index contributed by atoms with van der Waals surface area (Å²) < 4.78 is 0. The van der Waals surface area contributed by atoms with E-state index in [1.165, 1.54) is 64.7 Å². The van der Waals surface area contributed by atoms with Crippen molar-refractivity contribution in [3.8, 4) is 44.6 Å². The molecule has 4 nitrogen and oxygen atoms in total. The van der Waals surface area contributed by atoms with Crippen molar-refractivity contribution < 1.29 is 4.79 Å². The number of aromatic amines is 1. The van der Waals surface area contributed by atoms with E-state index < -0.39 is 0 Å². The molecule has 11 rings (SSSR count). The van der Waals surface area contributed by atoms with Crippen LogP contribution in [0.2, 0.25) is 0 Å². The van der Waals surface area contributed by atoms with Crippen molar-refractivity contribution in [3.63, 3.8) is 0 Å². The highest BCUT2D eigenvalue weighted by molar-refractivity contribution is 7.99. The second-order valence-corrected chi connectivity index (χ2v) is 16.1. The predicted molar refractivity (Wildman–Crippen MR) is 250 cm³/mol. The molecule has 288 valence electrons. The Kier molecular flexibility index (Phi) is 11.9. The first-order chi connectivity index (χ1) is 28.7. The summed E-state index contributed by atoms with van der Waals surface area (Å²) in [5.41, 5.74) is 16.7. The number of carbonyl (C=O) groups is 1. The molecule has 0 saturated heterocycles. The third-order valence-corrected chi connectivity index (χ3v) is 12.7. The van der Waals surface area contributed by atoms with Gasteiger partial charge >= 0.3 is 0 Å². The molecule has 0 fully saturated rings. The van der Waals surface area contributed by atoms with E-state index in [-0.39, 0.29) is 13.2 Å². The number of carbonyl (C=O) groups excluding carboxylic acids is 1. The molecular formula is C53H43N3OS2. The minimum atomic E-state index is 0. The van der Waals surface area contributed by atoms with Crippen LogP contribution >= 0.6 is 23.5 Å². The fourth-order valence-electron chi connectivity index (χ4n) is 7.60. The molecule has 0 spiro atoms. The summed E-state index contributed by atoms with van der Waals surface area (Å²) in [6, 6.07) is 68.8. The molecule has 0 saturated carbocycles. The Morgan fingerprint density at radius 3 is 1.61 bits per heavy atom. The third kappa shape index (κ3) is 8.12. The van der Waals surface area contributed by atoms with Crippen LogP contribution in [0.25, 0.3) is 55.5 Å². The van der Waals surface area contributed by atoms with Crippen LogP contribution in [0.1, 0.15) is 23.3 Å². The lowest BCUT2D eigenvalue weighted by molar-refractivity contribution is 0.0990. The number of para-hydroxylation sites is 2. The van der Waals surface area contributed by atoms with Crippen molar-refractivity contribution in [3.05, 3.63) is 211 Å². The van der Waals surface area contributed by atoms with Gasteiger partial charge in [-0.1, -0.05) is 201 Å². The molecule has 0 radical (unpaired) electrons. The molecule has 0 atom stereocenters. The normalized spacial score (nSPS) is 11.8. The number of hydrogen-bond donors (Lipinski definition) is 3. The van der Waals surface area contributed by atoms with Crippen molar-refractivity contribution in [2.24, 2.45) is 5.84 Å². The molecule has 1 aromatic heterocycles. The Hall–Kier alpha value is -6.57. The smallest absolute Gasteiger partial charge is 0.168 e. The van der Waals surface area contributed by atoms with Crippen LogP contribution in [-0.2, 0) is 6.42 Å². The van der Waals surface area contributed by atoms with Gasteiger partial charge in [-0.2, -0.15) is 0 Å². The summed E-state index contributed by atoms with van der Waals surface area (Å²) in [7, 11) is 0. The van der Waals surface area contributed by atoms with Crippen molar-refractivity contribution in [1.29, 1.82) is 0 Å². The number of anilines is 1. The van der Waals surface area contributed by atoms with Crippen LogP contribution in [0.3, 0.4) is 0 Å². The average Bonchev–Trinajstić information content (AvgIpc) is 3.53. The zero-order valence-corrected chi connectivity index (χ0v) is 33.2. The molecule has 2 aliphatic heterocycles. The van der Waals surface area contributed by atoms with Gasteiger partial charge in [-0.3, -0.25) is 10.6 Å². The summed E-state index contributed by atoms with van der Waals surface area (Å²) in [5.74, 6) is 5.65. The summed E-state index contributed by atoms with van der Waals surface area (Å²) in [5, 5.41) is 1.28. The molecule has 4 N–H and O–H groups in total. The molecule has 59 heavy (non-hydrogen) atoms. The standard InChI is InChI=1S/C26H17NS.C14H10OS.C12H12N2.CH4/c1-2-9-17(10-3-1)18-13-8-14-21-24-19-11-4-6-15-22(19)28-23-16-7-5-12-20(23)26(24)27-25(18)21;15-12-9-10-5-1-3-7-13(10)16-14-8-4-2-6-11(12)14;13-14-12-9-5-4-8-11(12)10-6-2-1-3-7-10;/h1-16,27H;1-8H,9H2;1-9,14H,13H2;1H4. The van der Waals surface area contributed by atoms with Gasteiger partial charge in [0.25, 0.3) is 0 Å². The summed E-state index contributed by atoms with van der Waals surface area (Å²) >= 11 is 3.54. The molecule has 6 heteroatoms. The van der Waals surface area contributed by atoms with Crippen LogP contribution < -0.4 is 11.3 Å². The number of ketones is 1. The minimum Gasteiger partial charge on any atom is -0.353 e. The maximum atomic E-state index is 12.1. The summed E-state index contributed by atoms with van der Waals surface area (Å²) in [4.78, 5) is 20.7. The highest BCUT2D eigenvalue weighted by Gasteiger charge is 2.24. The van der Waals surface area contributed by atoms with Crippen LogP contribution in [0.4, 0.5) is 5.69 Å². The number of nitrogens with one attached hydrogen (secondary N) is 2. The number of H-pyrrole nitrogens is 1. The second kappa shape index (κ2) is 17.9. The van der Waals surface area contributed by atoms with Gasteiger partial charge in [-0.25, -0.2) is 0 Å². The Bertz CT molecular complexity index is 2890. The molecule has 0 aliphatic carbocycles. The Balaban J connectivity index is 0.000000133. The SMILES string of the molecule is C.NNc1ccccc1-c1ccccc1.O=C1Cc2ccccc2Sc2ccccc21.c1ccc(-c2cccc3c4c([nH]c23)-c2ccccc2Sc2ccccc2-4)cc1. The van der Waals surface area contributed by atoms with Gasteiger partial charge in [-0.15, -0.1) is 0 Å². The highest BCUT2D eigenvalue weighted by Crippen LogP contribution is 2.51. The summed E-state index contributed by atoms with van der Waals surface area (Å²) in [6.45, 7) is 0. The topological polar surface area (TPSA) is 70.9 Å². The minimum absolute atomic E-state index is 0. The van der Waals surface area contributed by atoms with Gasteiger partial charge in [0.2, 0.25) is 0 Å². The maximum Gasteiger partial charge on any atom is 0.168 e. The quantitative estimate of drug-likeness (QED) is 0.123. The molecule has 2 aliphatic rings. The lowest BCUT2D eigenvalue weighted by atomic mass is 9.96. The van der Waals surface area contributed by atoms with Crippen LogP contribution in [0, 0.1) is 0 Å². The largest absolute Gasteiger partial charge is 0.353 e. The first-order valence-electron chi connectivity index (χ1n) is 19.2. The van der Waals surface area contributed by atoms with Crippen LogP contribution in [0.15, 0.2) is 220 Å². The van der Waals surface area contributed by atoms with E-state index >= 15 is 0 Å². The van der Waals surface area contributed by atoms with Gasteiger partial charge in [0.05, 0.1) is 16.9 Å². The van der Waals surface area contributed by atoms with Gasteiger partial charge in [-0.05, 0) is 52.6 Å². The Labute approximate surface area is 354 Å². The fraction of sp³-hybridized carbons (Fsp3) is 0.0377. The predicted octanol–water partition coefficient (Wildman–Crippen LogP) is 14.5. The van der Waals surface area contributed by atoms with Crippen molar-refractivity contribution >= 4 is 45.9 Å². The number of Topliss-reactive ketones (excluding diaryl/α,β-unsaturated/α-hetero) is 1. The lowest BCUT2D eigenvalue weighted by Crippen LogP contribution is -2.07. The molecule has 0 bridgehead atoms. The summed E-state index contributed by atoms with van der Waals surface area (Å²) in [6.07, 6.45) is 0.514. The molecule has 0 amide bonds. The Morgan fingerprint density at radius 2 is 0.932 bits per heavy atom. The average molecular weight is 802 g/mol. The molecule has 3 heterocycles. The van der Waals surface area contributed by atoms with E-state index in [9.17, 15) is 4.79 Å². The second-order valence-electron chi connectivity index (χ2n) is 13.9. The van der Waals surface area contributed by atoms with Crippen LogP contribution in [-0.4, -0.2) is 10.8 Å². The van der Waals surface area contributed by atoms with Gasteiger partial charge in [0.1, 0.15) is 0 Å². The highest BCUT2D eigenvalue weighted by atomic mass is 32.2. The third-order valence-electron chi connectivity index (χ3n) is 10.3. The number of fused-ring (bicyclic) bond motifs is 9. The molecule has 9 aromatic rings. The first kappa shape index (κ1) is 39.3. The number of rotatable bonds is 3. The van der Waals surface area contributed by atoms with Gasteiger partial charge in [0.15, 0.2) is 5.78 Å². The van der Waals surface area contributed by atoms with Crippen molar-refractivity contribution in [2.75, 3.05) is 5.43 Å². The lowest BCUT2D eigenvalue weighted by Gasteiger charge is -2.07. The first-order valence-corrected chi connectivity index (χ1v) is 20.9. The zero-order valence-electron chi connectivity index (χ0n) is 31.6. The van der Waals surface area contributed by atoms with E-state index in [0.717, 1.165) is 27.3 Å². The van der Waals surface area contributed by atoms with E-state index in [1.807, 2.05) is 96.7 Å². The van der Waals surface area contributed by atoms with Crippen molar-refractivity contribution in [2.45, 2.75) is 33.4 Å². The number of nitrogen functional groups attached to an aromatic ring is 1.